The van der Waals surface area contributed by atoms with E-state index in [2.05, 4.69) is 15.3 Å². The summed E-state index contributed by atoms with van der Waals surface area (Å²) in [6.45, 7) is 2.33. The van der Waals surface area contributed by atoms with Gasteiger partial charge in [0, 0.05) is 17.8 Å². The zero-order valence-corrected chi connectivity index (χ0v) is 14.9. The van der Waals surface area contributed by atoms with Gasteiger partial charge in [0.2, 0.25) is 11.8 Å². The van der Waals surface area contributed by atoms with Crippen molar-refractivity contribution in [2.45, 2.75) is 19.6 Å². The Hall–Kier alpha value is -3.29. The van der Waals surface area contributed by atoms with Crippen molar-refractivity contribution in [1.82, 2.24) is 20.0 Å². The van der Waals surface area contributed by atoms with Gasteiger partial charge in [0.05, 0.1) is 32.1 Å². The van der Waals surface area contributed by atoms with Gasteiger partial charge in [-0.1, -0.05) is 12.1 Å². The molecule has 0 fully saturated rings. The molecular formula is C18H21N5O3. The fourth-order valence-corrected chi connectivity index (χ4v) is 2.47. The lowest BCUT2D eigenvalue weighted by Gasteiger charge is -2.17. The Morgan fingerprint density at radius 1 is 1.12 bits per heavy atom. The predicted molar refractivity (Wildman–Crippen MR) is 96.4 cm³/mol. The molecule has 1 unspecified atom stereocenters. The van der Waals surface area contributed by atoms with Gasteiger partial charge in [-0.2, -0.15) is 5.10 Å². The zero-order valence-electron chi connectivity index (χ0n) is 14.9. The van der Waals surface area contributed by atoms with Crippen molar-refractivity contribution in [2.24, 2.45) is 0 Å². The second-order valence-corrected chi connectivity index (χ2v) is 5.71. The van der Waals surface area contributed by atoms with E-state index in [1.165, 1.54) is 0 Å². The molecule has 0 spiro atoms. The summed E-state index contributed by atoms with van der Waals surface area (Å²) in [7, 11) is 3.18. The summed E-state index contributed by atoms with van der Waals surface area (Å²) in [5.74, 6) is 1.62. The molecule has 0 radical (unpaired) electrons. The predicted octanol–water partition coefficient (Wildman–Crippen LogP) is 2.46. The van der Waals surface area contributed by atoms with E-state index in [0.717, 1.165) is 16.9 Å². The highest BCUT2D eigenvalue weighted by Crippen LogP contribution is 2.28. The highest BCUT2D eigenvalue weighted by molar-refractivity contribution is 5.35. The number of rotatable bonds is 7. The van der Waals surface area contributed by atoms with E-state index < -0.39 is 0 Å². The minimum Gasteiger partial charge on any atom is -0.497 e. The van der Waals surface area contributed by atoms with Crippen molar-refractivity contribution >= 4 is 5.69 Å². The number of anilines is 1. The average molecular weight is 355 g/mol. The van der Waals surface area contributed by atoms with Gasteiger partial charge in [0.25, 0.3) is 0 Å². The smallest absolute Gasteiger partial charge is 0.239 e. The number of nitrogens with zero attached hydrogens (tertiary/aromatic N) is 4. The third kappa shape index (κ3) is 3.85. The second-order valence-electron chi connectivity index (χ2n) is 5.71. The number of methoxy groups -OCH3 is 2. The lowest BCUT2D eigenvalue weighted by atomic mass is 10.1. The summed E-state index contributed by atoms with van der Waals surface area (Å²) in [4.78, 5) is 0. The third-order valence-electron chi connectivity index (χ3n) is 3.98. The highest BCUT2D eigenvalue weighted by atomic mass is 16.5. The van der Waals surface area contributed by atoms with Crippen LogP contribution >= 0.6 is 0 Å². The van der Waals surface area contributed by atoms with Gasteiger partial charge in [0.15, 0.2) is 0 Å². The molecule has 8 heteroatoms. The van der Waals surface area contributed by atoms with Crippen LogP contribution < -0.4 is 19.9 Å². The molecule has 0 amide bonds. The van der Waals surface area contributed by atoms with Crippen LogP contribution in [-0.4, -0.2) is 34.2 Å². The molecule has 2 aromatic heterocycles. The molecule has 3 rings (SSSR count). The first kappa shape index (κ1) is 17.5. The molecule has 0 saturated carbocycles. The number of nitrogens with two attached hydrogens (primary N) is 1. The van der Waals surface area contributed by atoms with E-state index in [9.17, 15) is 0 Å². The summed E-state index contributed by atoms with van der Waals surface area (Å²) in [6.07, 6.45) is 3.35. The molecule has 0 saturated heterocycles. The quantitative estimate of drug-likeness (QED) is 0.695. The monoisotopic (exact) mass is 355 g/mol. The molecule has 1 atom stereocenters. The normalized spacial score (nSPS) is 11.8. The fourth-order valence-electron chi connectivity index (χ4n) is 2.47. The van der Waals surface area contributed by atoms with Gasteiger partial charge in [-0.15, -0.1) is 10.2 Å². The van der Waals surface area contributed by atoms with Gasteiger partial charge < -0.3 is 19.9 Å². The first-order valence-electron chi connectivity index (χ1n) is 8.07. The van der Waals surface area contributed by atoms with Crippen molar-refractivity contribution < 1.29 is 14.2 Å². The zero-order chi connectivity index (χ0) is 18.5. The maximum absolute atomic E-state index is 5.90. The van der Waals surface area contributed by atoms with Gasteiger partial charge in [-0.05, 0) is 24.6 Å². The molecule has 26 heavy (non-hydrogen) atoms. The number of nitrogen functional groups attached to an aromatic ring is 1. The van der Waals surface area contributed by atoms with Crippen molar-refractivity contribution in [2.75, 3.05) is 20.0 Å². The van der Waals surface area contributed by atoms with Gasteiger partial charge >= 0.3 is 0 Å². The summed E-state index contributed by atoms with van der Waals surface area (Å²) in [5, 5.41) is 12.4. The Bertz CT molecular complexity index is 864. The largest absolute Gasteiger partial charge is 0.497 e. The first-order valence-corrected chi connectivity index (χ1v) is 8.07. The van der Waals surface area contributed by atoms with Crippen LogP contribution in [0.15, 0.2) is 42.7 Å². The summed E-state index contributed by atoms with van der Waals surface area (Å²) >= 11 is 0. The molecule has 0 bridgehead atoms. The van der Waals surface area contributed by atoms with Crippen molar-refractivity contribution in [3.63, 3.8) is 0 Å². The molecule has 8 nitrogen and oxygen atoms in total. The minimum atomic E-state index is -0.150. The van der Waals surface area contributed by atoms with Crippen LogP contribution in [0, 0.1) is 0 Å². The van der Waals surface area contributed by atoms with Gasteiger partial charge in [-0.3, -0.25) is 4.68 Å². The Morgan fingerprint density at radius 3 is 2.50 bits per heavy atom. The Kier molecular flexibility index (Phi) is 5.21. The molecule has 1 aromatic carbocycles. The molecular weight excluding hydrogens is 334 g/mol. The van der Waals surface area contributed by atoms with Crippen LogP contribution in [0.1, 0.15) is 24.1 Å². The lowest BCUT2D eigenvalue weighted by Crippen LogP contribution is -2.12. The summed E-state index contributed by atoms with van der Waals surface area (Å²) < 4.78 is 18.0. The van der Waals surface area contributed by atoms with Crippen molar-refractivity contribution in [1.29, 1.82) is 0 Å². The molecule has 0 aliphatic carbocycles. The number of aromatic nitrogens is 4. The number of hydrogen-bond donors (Lipinski definition) is 1. The van der Waals surface area contributed by atoms with Crippen molar-refractivity contribution in [3.8, 4) is 17.5 Å². The van der Waals surface area contributed by atoms with Crippen LogP contribution in [0.4, 0.5) is 5.69 Å². The second kappa shape index (κ2) is 7.73. The fraction of sp³-hybridized carbons (Fsp3) is 0.278. The van der Waals surface area contributed by atoms with Crippen LogP contribution in [0.5, 0.6) is 17.5 Å². The minimum absolute atomic E-state index is 0.150. The molecule has 2 N–H and O–H groups in total. The van der Waals surface area contributed by atoms with E-state index in [1.54, 1.807) is 37.4 Å². The molecule has 2 heterocycles. The van der Waals surface area contributed by atoms with E-state index in [-0.39, 0.29) is 6.04 Å². The van der Waals surface area contributed by atoms with E-state index in [1.807, 2.05) is 31.2 Å². The summed E-state index contributed by atoms with van der Waals surface area (Å²) in [5.41, 5.74) is 8.15. The summed E-state index contributed by atoms with van der Waals surface area (Å²) in [6, 6.07) is 9.28. The van der Waals surface area contributed by atoms with Gasteiger partial charge in [0.1, 0.15) is 12.4 Å². The maximum atomic E-state index is 5.90. The Morgan fingerprint density at radius 2 is 1.88 bits per heavy atom. The van der Waals surface area contributed by atoms with E-state index >= 15 is 0 Å². The van der Waals surface area contributed by atoms with Crippen LogP contribution in [0.3, 0.4) is 0 Å². The topological polar surface area (TPSA) is 97.3 Å². The van der Waals surface area contributed by atoms with Crippen LogP contribution in [0.2, 0.25) is 0 Å². The Balaban J connectivity index is 1.83. The SMILES string of the molecule is COc1ccc(COc2nnc(OC)cc2C(C)n2cc(N)cn2)cc1. The van der Waals surface area contributed by atoms with Crippen molar-refractivity contribution in [3.05, 3.63) is 53.9 Å². The lowest BCUT2D eigenvalue weighted by molar-refractivity contribution is 0.279. The Labute approximate surface area is 151 Å². The highest BCUT2D eigenvalue weighted by Gasteiger charge is 2.18. The van der Waals surface area contributed by atoms with Gasteiger partial charge in [-0.25, -0.2) is 0 Å². The van der Waals surface area contributed by atoms with E-state index in [0.29, 0.717) is 24.1 Å². The molecule has 0 aliphatic rings. The number of ether oxygens (including phenoxy) is 3. The number of hydrogen-bond acceptors (Lipinski definition) is 7. The standard InChI is InChI=1S/C18H21N5O3/c1-12(23-10-14(19)9-20-23)16-8-17(25-3)21-22-18(16)26-11-13-4-6-15(24-2)7-5-13/h4-10,12H,11,19H2,1-3H3. The van der Waals surface area contributed by atoms with E-state index in [4.69, 9.17) is 19.9 Å². The number of benzene rings is 1. The molecule has 0 aliphatic heterocycles. The first-order chi connectivity index (χ1) is 12.6. The maximum Gasteiger partial charge on any atom is 0.239 e. The third-order valence-corrected chi connectivity index (χ3v) is 3.98. The van der Waals surface area contributed by atoms with Crippen LogP contribution in [0.25, 0.3) is 0 Å². The molecule has 3 aromatic rings. The molecule has 136 valence electrons. The average Bonchev–Trinajstić information content (AvgIpc) is 3.12. The van der Waals surface area contributed by atoms with Crippen LogP contribution in [-0.2, 0) is 6.61 Å².